The highest BCUT2D eigenvalue weighted by Gasteiger charge is 2.22. The Morgan fingerprint density at radius 1 is 1.22 bits per heavy atom. The molecule has 0 spiro atoms. The van der Waals surface area contributed by atoms with E-state index in [9.17, 15) is 23.3 Å². The van der Waals surface area contributed by atoms with E-state index in [1.54, 1.807) is 24.3 Å². The zero-order chi connectivity index (χ0) is 20.2. The molecule has 27 heavy (non-hydrogen) atoms. The van der Waals surface area contributed by atoms with Crippen LogP contribution in [0.2, 0.25) is 5.02 Å². The molecule has 0 unspecified atom stereocenters. The van der Waals surface area contributed by atoms with Gasteiger partial charge in [-0.1, -0.05) is 35.9 Å². The predicted octanol–water partition coefficient (Wildman–Crippen LogP) is 2.96. The maximum Gasteiger partial charge on any atom is 0.274 e. The van der Waals surface area contributed by atoms with E-state index in [4.69, 9.17) is 11.6 Å². The number of carbonyl (C=O) groups excluding carboxylic acids is 1. The van der Waals surface area contributed by atoms with Gasteiger partial charge in [-0.15, -0.1) is 0 Å². The van der Waals surface area contributed by atoms with Crippen molar-refractivity contribution in [2.24, 2.45) is 0 Å². The molecule has 8 nitrogen and oxygen atoms in total. The Kier molecular flexibility index (Phi) is 6.53. The number of carbonyl (C=O) groups is 1. The van der Waals surface area contributed by atoms with Crippen molar-refractivity contribution in [3.8, 4) is 0 Å². The number of benzene rings is 2. The first-order valence-corrected chi connectivity index (χ1v) is 10.0. The highest BCUT2D eigenvalue weighted by Crippen LogP contribution is 2.25. The second-order valence-corrected chi connectivity index (χ2v) is 8.27. The average molecular weight is 412 g/mol. The first kappa shape index (κ1) is 20.8. The first-order chi connectivity index (χ1) is 12.6. The number of hydrogen-bond donors (Lipinski definition) is 1. The van der Waals surface area contributed by atoms with E-state index >= 15 is 0 Å². The number of anilines is 1. The monoisotopic (exact) mass is 411 g/mol. The Labute approximate surface area is 162 Å². The summed E-state index contributed by atoms with van der Waals surface area (Å²) in [5, 5.41) is 13.9. The van der Waals surface area contributed by atoms with Crippen molar-refractivity contribution in [2.75, 3.05) is 18.1 Å². The van der Waals surface area contributed by atoms with Crippen molar-refractivity contribution >= 4 is 38.9 Å². The first-order valence-electron chi connectivity index (χ1n) is 7.82. The van der Waals surface area contributed by atoms with Gasteiger partial charge in [0.05, 0.1) is 29.0 Å². The van der Waals surface area contributed by atoms with Gasteiger partial charge in [-0.25, -0.2) is 8.42 Å². The van der Waals surface area contributed by atoms with Gasteiger partial charge in [0, 0.05) is 17.6 Å². The lowest BCUT2D eigenvalue weighted by atomic mass is 10.1. The number of halogens is 1. The molecule has 0 bridgehead atoms. The number of sulfonamides is 1. The van der Waals surface area contributed by atoms with E-state index in [0.29, 0.717) is 10.6 Å². The summed E-state index contributed by atoms with van der Waals surface area (Å²) in [7, 11) is -3.69. The summed E-state index contributed by atoms with van der Waals surface area (Å²) in [5.74, 6) is -0.615. The van der Waals surface area contributed by atoms with Gasteiger partial charge in [0.1, 0.15) is 0 Å². The van der Waals surface area contributed by atoms with Crippen LogP contribution in [0.15, 0.2) is 42.5 Å². The van der Waals surface area contributed by atoms with Crippen LogP contribution >= 0.6 is 11.6 Å². The molecule has 0 aliphatic carbocycles. The van der Waals surface area contributed by atoms with Crippen molar-refractivity contribution in [2.45, 2.75) is 13.5 Å². The third kappa shape index (κ3) is 5.49. The van der Waals surface area contributed by atoms with Gasteiger partial charge >= 0.3 is 0 Å². The molecule has 2 aromatic rings. The molecule has 0 saturated heterocycles. The highest BCUT2D eigenvalue weighted by atomic mass is 35.5. The maximum absolute atomic E-state index is 12.4. The van der Waals surface area contributed by atoms with E-state index < -0.39 is 27.4 Å². The fourth-order valence-corrected chi connectivity index (χ4v) is 3.33. The van der Waals surface area contributed by atoms with Crippen LogP contribution in [0, 0.1) is 17.0 Å². The number of rotatable bonds is 7. The van der Waals surface area contributed by atoms with Crippen LogP contribution in [0.1, 0.15) is 11.1 Å². The van der Waals surface area contributed by atoms with Gasteiger partial charge in [0.2, 0.25) is 15.9 Å². The van der Waals surface area contributed by atoms with Crippen molar-refractivity contribution in [3.05, 3.63) is 68.7 Å². The molecular formula is C17H18ClN3O5S. The fourth-order valence-electron chi connectivity index (χ4n) is 2.41. The van der Waals surface area contributed by atoms with E-state index in [-0.39, 0.29) is 23.5 Å². The van der Waals surface area contributed by atoms with Gasteiger partial charge < -0.3 is 5.32 Å². The minimum atomic E-state index is -3.69. The number of nitrogens with one attached hydrogen (secondary N) is 1. The van der Waals surface area contributed by atoms with Crippen LogP contribution in [0.5, 0.6) is 0 Å². The van der Waals surface area contributed by atoms with Gasteiger partial charge in [0.15, 0.2) is 0 Å². The zero-order valence-electron chi connectivity index (χ0n) is 14.7. The molecule has 0 fully saturated rings. The summed E-state index contributed by atoms with van der Waals surface area (Å²) < 4.78 is 25.1. The second kappa shape index (κ2) is 8.47. The third-order valence-electron chi connectivity index (χ3n) is 3.87. The van der Waals surface area contributed by atoms with E-state index in [1.165, 1.54) is 25.1 Å². The summed E-state index contributed by atoms with van der Waals surface area (Å²) >= 11 is 6.07. The third-order valence-corrected chi connectivity index (χ3v) is 5.43. The maximum atomic E-state index is 12.4. The molecule has 2 aromatic carbocycles. The van der Waals surface area contributed by atoms with Crippen molar-refractivity contribution in [3.63, 3.8) is 0 Å². The minimum Gasteiger partial charge on any atom is -0.324 e. The Balaban J connectivity index is 2.19. The molecule has 1 amide bonds. The van der Waals surface area contributed by atoms with Gasteiger partial charge in [-0.2, -0.15) is 4.31 Å². The smallest absolute Gasteiger partial charge is 0.274 e. The van der Waals surface area contributed by atoms with Crippen LogP contribution < -0.4 is 5.32 Å². The molecule has 0 aromatic heterocycles. The zero-order valence-corrected chi connectivity index (χ0v) is 16.2. The van der Waals surface area contributed by atoms with Crippen molar-refractivity contribution in [1.82, 2.24) is 4.31 Å². The summed E-state index contributed by atoms with van der Waals surface area (Å²) in [6.45, 7) is 0.984. The average Bonchev–Trinajstić information content (AvgIpc) is 2.57. The van der Waals surface area contributed by atoms with Crippen LogP contribution in [0.4, 0.5) is 11.4 Å². The van der Waals surface area contributed by atoms with Gasteiger partial charge in [-0.05, 0) is 24.6 Å². The molecule has 0 aliphatic heterocycles. The SMILES string of the molecule is Cc1c(NC(=O)CN(Cc2ccccc2Cl)S(C)(=O)=O)cccc1[N+](=O)[O-]. The lowest BCUT2D eigenvalue weighted by Gasteiger charge is -2.20. The number of nitro benzene ring substituents is 1. The summed E-state index contributed by atoms with van der Waals surface area (Å²) in [6, 6.07) is 11.0. The molecule has 144 valence electrons. The Morgan fingerprint density at radius 3 is 2.48 bits per heavy atom. The quantitative estimate of drug-likeness (QED) is 0.556. The summed E-state index contributed by atoms with van der Waals surface area (Å²) in [4.78, 5) is 22.8. The minimum absolute atomic E-state index is 0.0696. The van der Waals surface area contributed by atoms with Gasteiger partial charge in [-0.3, -0.25) is 14.9 Å². The Bertz CT molecular complexity index is 978. The largest absolute Gasteiger partial charge is 0.324 e. The number of nitro groups is 1. The fraction of sp³-hybridized carbons (Fsp3) is 0.235. The Morgan fingerprint density at radius 2 is 1.89 bits per heavy atom. The van der Waals surface area contributed by atoms with Gasteiger partial charge in [0.25, 0.3) is 5.69 Å². The molecule has 2 rings (SSSR count). The van der Waals surface area contributed by atoms with E-state index in [1.807, 2.05) is 0 Å². The van der Waals surface area contributed by atoms with E-state index in [2.05, 4.69) is 5.32 Å². The predicted molar refractivity (Wildman–Crippen MR) is 103 cm³/mol. The van der Waals surface area contributed by atoms with Crippen LogP contribution in [-0.2, 0) is 21.4 Å². The molecule has 0 radical (unpaired) electrons. The standard InChI is InChI=1S/C17H18ClN3O5S/c1-12-15(8-5-9-16(12)21(23)24)19-17(22)11-20(27(2,25)26)10-13-6-3-4-7-14(13)18/h3-9H,10-11H2,1-2H3,(H,19,22). The molecular weight excluding hydrogens is 394 g/mol. The summed E-state index contributed by atoms with van der Waals surface area (Å²) in [6.07, 6.45) is 0.996. The topological polar surface area (TPSA) is 110 Å². The van der Waals surface area contributed by atoms with Crippen molar-refractivity contribution in [1.29, 1.82) is 0 Å². The molecule has 0 atom stereocenters. The molecule has 0 aliphatic rings. The van der Waals surface area contributed by atoms with E-state index in [0.717, 1.165) is 10.6 Å². The summed E-state index contributed by atoms with van der Waals surface area (Å²) in [5.41, 5.74) is 0.959. The number of hydrogen-bond acceptors (Lipinski definition) is 5. The lowest BCUT2D eigenvalue weighted by Crippen LogP contribution is -2.37. The van der Waals surface area contributed by atoms with Crippen LogP contribution in [0.3, 0.4) is 0 Å². The molecule has 1 N–H and O–H groups in total. The molecule has 0 heterocycles. The molecule has 0 saturated carbocycles. The van der Waals surface area contributed by atoms with Crippen molar-refractivity contribution < 1.29 is 18.1 Å². The second-order valence-electron chi connectivity index (χ2n) is 5.88. The highest BCUT2D eigenvalue weighted by molar-refractivity contribution is 7.88. The molecule has 10 heteroatoms. The van der Waals surface area contributed by atoms with Crippen LogP contribution in [-0.4, -0.2) is 36.4 Å². The number of amides is 1. The Hall–Kier alpha value is -2.49. The lowest BCUT2D eigenvalue weighted by molar-refractivity contribution is -0.385. The van der Waals surface area contributed by atoms with Crippen LogP contribution in [0.25, 0.3) is 0 Å². The normalized spacial score (nSPS) is 11.4. The number of nitrogens with zero attached hydrogens (tertiary/aromatic N) is 2.